The van der Waals surface area contributed by atoms with E-state index in [0.29, 0.717) is 19.6 Å². The molecule has 4 nitrogen and oxygen atoms in total. The molecule has 4 heteroatoms. The highest BCUT2D eigenvalue weighted by Crippen LogP contribution is 2.38. The van der Waals surface area contributed by atoms with Gasteiger partial charge in [-0.3, -0.25) is 4.79 Å². The van der Waals surface area contributed by atoms with Gasteiger partial charge in [0.25, 0.3) is 0 Å². The van der Waals surface area contributed by atoms with Crippen molar-refractivity contribution in [3.05, 3.63) is 24.3 Å². The van der Waals surface area contributed by atoms with Crippen molar-refractivity contribution in [3.8, 4) is 5.75 Å². The zero-order valence-corrected chi connectivity index (χ0v) is 13.6. The molecule has 0 heterocycles. The first-order chi connectivity index (χ1) is 10.7. The molecule has 2 rings (SSSR count). The lowest BCUT2D eigenvalue weighted by Gasteiger charge is -2.35. The van der Waals surface area contributed by atoms with Crippen LogP contribution in [-0.2, 0) is 4.79 Å². The molecule has 0 unspecified atom stereocenters. The van der Waals surface area contributed by atoms with E-state index in [9.17, 15) is 4.79 Å². The van der Waals surface area contributed by atoms with Gasteiger partial charge in [-0.2, -0.15) is 0 Å². The highest BCUT2D eigenvalue weighted by molar-refractivity contribution is 5.92. The van der Waals surface area contributed by atoms with E-state index in [1.54, 1.807) is 0 Å². The second kappa shape index (κ2) is 8.18. The molecule has 3 N–H and O–H groups in total. The van der Waals surface area contributed by atoms with Crippen LogP contribution in [0.1, 0.15) is 51.9 Å². The second-order valence-electron chi connectivity index (χ2n) is 6.33. The van der Waals surface area contributed by atoms with Crippen LogP contribution in [0, 0.1) is 5.41 Å². The number of carbonyl (C=O) groups is 1. The van der Waals surface area contributed by atoms with Crippen LogP contribution in [-0.4, -0.2) is 19.1 Å². The summed E-state index contributed by atoms with van der Waals surface area (Å²) in [6.45, 7) is 3.31. The monoisotopic (exact) mass is 304 g/mol. The van der Waals surface area contributed by atoms with Gasteiger partial charge in [0.15, 0.2) is 0 Å². The Balaban J connectivity index is 1.99. The first kappa shape index (κ1) is 16.8. The average Bonchev–Trinajstić information content (AvgIpc) is 2.55. The van der Waals surface area contributed by atoms with Crippen LogP contribution < -0.4 is 15.8 Å². The van der Waals surface area contributed by atoms with Crippen molar-refractivity contribution in [2.75, 3.05) is 18.5 Å². The fraction of sp³-hybridized carbons (Fsp3) is 0.611. The van der Waals surface area contributed by atoms with Crippen LogP contribution in [0.5, 0.6) is 5.75 Å². The van der Waals surface area contributed by atoms with Crippen LogP contribution in [0.3, 0.4) is 0 Å². The molecule has 1 saturated carbocycles. The molecule has 22 heavy (non-hydrogen) atoms. The van der Waals surface area contributed by atoms with Crippen molar-refractivity contribution >= 4 is 11.6 Å². The van der Waals surface area contributed by atoms with Crippen molar-refractivity contribution in [2.45, 2.75) is 51.9 Å². The Labute approximate surface area is 133 Å². The number of nitrogens with one attached hydrogen (secondary N) is 1. The highest BCUT2D eigenvalue weighted by Gasteiger charge is 2.33. The quantitative estimate of drug-likeness (QED) is 0.807. The molecule has 0 spiro atoms. The number of ether oxygens (including phenoxy) is 1. The number of hydrogen-bond acceptors (Lipinski definition) is 3. The van der Waals surface area contributed by atoms with E-state index < -0.39 is 0 Å². The fourth-order valence-electron chi connectivity index (χ4n) is 3.20. The predicted molar refractivity (Wildman–Crippen MR) is 90.0 cm³/mol. The number of benzene rings is 1. The lowest BCUT2D eigenvalue weighted by Crippen LogP contribution is -2.36. The Hall–Kier alpha value is -1.55. The topological polar surface area (TPSA) is 64.3 Å². The Morgan fingerprint density at radius 2 is 2.00 bits per heavy atom. The van der Waals surface area contributed by atoms with Crippen LogP contribution in [0.4, 0.5) is 5.69 Å². The largest absolute Gasteiger partial charge is 0.491 e. The molecule has 0 atom stereocenters. The lowest BCUT2D eigenvalue weighted by atomic mass is 9.71. The molecule has 1 aliphatic carbocycles. The van der Waals surface area contributed by atoms with Crippen LogP contribution in [0.2, 0.25) is 0 Å². The number of carbonyl (C=O) groups excluding carboxylic acids is 1. The molecule has 1 aliphatic rings. The van der Waals surface area contributed by atoms with Crippen LogP contribution >= 0.6 is 0 Å². The first-order valence-electron chi connectivity index (χ1n) is 8.41. The Morgan fingerprint density at radius 3 is 2.68 bits per heavy atom. The maximum atomic E-state index is 12.4. The van der Waals surface area contributed by atoms with Gasteiger partial charge in [0.1, 0.15) is 5.75 Å². The predicted octanol–water partition coefficient (Wildman–Crippen LogP) is 3.71. The van der Waals surface area contributed by atoms with Gasteiger partial charge in [-0.1, -0.05) is 38.3 Å². The molecule has 0 aliphatic heterocycles. The average molecular weight is 304 g/mol. The van der Waals surface area contributed by atoms with E-state index in [4.69, 9.17) is 10.5 Å². The third-order valence-electron chi connectivity index (χ3n) is 4.51. The fourth-order valence-corrected chi connectivity index (χ4v) is 3.20. The van der Waals surface area contributed by atoms with E-state index in [0.717, 1.165) is 30.7 Å². The number of hydrogen-bond donors (Lipinski definition) is 2. The van der Waals surface area contributed by atoms with Gasteiger partial charge in [0.2, 0.25) is 5.91 Å². The molecule has 0 radical (unpaired) electrons. The van der Waals surface area contributed by atoms with E-state index in [2.05, 4.69) is 12.2 Å². The number of para-hydroxylation sites is 2. The zero-order chi connectivity index (χ0) is 15.8. The van der Waals surface area contributed by atoms with Gasteiger partial charge in [-0.25, -0.2) is 0 Å². The molecular weight excluding hydrogens is 276 g/mol. The standard InChI is InChI=1S/C18H28N2O2/c1-2-12-22-16-9-5-4-8-15(16)20-17(21)13-18(14-19)10-6-3-7-11-18/h4-5,8-9H,2-3,6-7,10-14,19H2,1H3,(H,20,21). The summed E-state index contributed by atoms with van der Waals surface area (Å²) < 4.78 is 5.69. The van der Waals surface area contributed by atoms with Gasteiger partial charge < -0.3 is 15.8 Å². The van der Waals surface area contributed by atoms with Crippen molar-refractivity contribution in [2.24, 2.45) is 11.1 Å². The molecule has 1 fully saturated rings. The lowest BCUT2D eigenvalue weighted by molar-refractivity contribution is -0.118. The van der Waals surface area contributed by atoms with Gasteiger partial charge in [-0.15, -0.1) is 0 Å². The summed E-state index contributed by atoms with van der Waals surface area (Å²) in [5.74, 6) is 0.781. The summed E-state index contributed by atoms with van der Waals surface area (Å²) in [5, 5.41) is 3.01. The van der Waals surface area contributed by atoms with E-state index in [1.165, 1.54) is 19.3 Å². The van der Waals surface area contributed by atoms with E-state index in [1.807, 2.05) is 24.3 Å². The molecule has 0 saturated heterocycles. The van der Waals surface area contributed by atoms with E-state index >= 15 is 0 Å². The Bertz CT molecular complexity index is 482. The molecule has 0 bridgehead atoms. The molecular formula is C18H28N2O2. The number of amides is 1. The van der Waals surface area contributed by atoms with Gasteiger partial charge >= 0.3 is 0 Å². The molecule has 1 amide bonds. The zero-order valence-electron chi connectivity index (χ0n) is 13.6. The normalized spacial score (nSPS) is 17.0. The maximum absolute atomic E-state index is 12.4. The van der Waals surface area contributed by atoms with Crippen molar-refractivity contribution in [3.63, 3.8) is 0 Å². The van der Waals surface area contributed by atoms with Gasteiger partial charge in [0.05, 0.1) is 12.3 Å². The van der Waals surface area contributed by atoms with Crippen molar-refractivity contribution in [1.29, 1.82) is 0 Å². The minimum atomic E-state index is -0.0123. The Morgan fingerprint density at radius 1 is 1.27 bits per heavy atom. The van der Waals surface area contributed by atoms with Crippen molar-refractivity contribution in [1.82, 2.24) is 0 Å². The maximum Gasteiger partial charge on any atom is 0.225 e. The summed E-state index contributed by atoms with van der Waals surface area (Å²) in [7, 11) is 0. The van der Waals surface area contributed by atoms with Crippen molar-refractivity contribution < 1.29 is 9.53 Å². The van der Waals surface area contributed by atoms with Gasteiger partial charge in [0, 0.05) is 6.42 Å². The summed E-state index contributed by atoms with van der Waals surface area (Å²) in [4.78, 5) is 12.4. The smallest absolute Gasteiger partial charge is 0.225 e. The minimum Gasteiger partial charge on any atom is -0.491 e. The molecule has 0 aromatic heterocycles. The van der Waals surface area contributed by atoms with Gasteiger partial charge in [-0.05, 0) is 43.4 Å². The van der Waals surface area contributed by atoms with Crippen LogP contribution in [0.25, 0.3) is 0 Å². The first-order valence-corrected chi connectivity index (χ1v) is 8.41. The minimum absolute atomic E-state index is 0.0123. The number of rotatable bonds is 7. The Kier molecular flexibility index (Phi) is 6.25. The second-order valence-corrected chi connectivity index (χ2v) is 6.33. The molecule has 1 aromatic rings. The molecule has 122 valence electrons. The summed E-state index contributed by atoms with van der Waals surface area (Å²) in [5.41, 5.74) is 6.71. The summed E-state index contributed by atoms with van der Waals surface area (Å²) in [6.07, 6.45) is 7.19. The van der Waals surface area contributed by atoms with Crippen LogP contribution in [0.15, 0.2) is 24.3 Å². The molecule has 1 aromatic carbocycles. The number of anilines is 1. The SMILES string of the molecule is CCCOc1ccccc1NC(=O)CC1(CN)CCCCC1. The summed E-state index contributed by atoms with van der Waals surface area (Å²) >= 11 is 0. The third-order valence-corrected chi connectivity index (χ3v) is 4.51. The third kappa shape index (κ3) is 4.47. The highest BCUT2D eigenvalue weighted by atomic mass is 16.5. The summed E-state index contributed by atoms with van der Waals surface area (Å²) in [6, 6.07) is 7.61. The number of nitrogens with two attached hydrogens (primary N) is 1. The van der Waals surface area contributed by atoms with E-state index in [-0.39, 0.29) is 11.3 Å².